The van der Waals surface area contributed by atoms with Crippen LogP contribution in [0.25, 0.3) is 0 Å². The van der Waals surface area contributed by atoms with E-state index in [2.05, 4.69) is 4.98 Å². The first-order valence-electron chi connectivity index (χ1n) is 3.65. The molecule has 0 bridgehead atoms. The average molecular weight is 222 g/mol. The fraction of sp³-hybridized carbons (Fsp3) is 0.250. The van der Waals surface area contributed by atoms with Crippen molar-refractivity contribution in [1.29, 1.82) is 0 Å². The SMILES string of the molecule is O=C(O)Cc1nccc(C(F)F)c1Cl. The highest BCUT2D eigenvalue weighted by Gasteiger charge is 2.16. The number of carboxylic acids is 1. The van der Waals surface area contributed by atoms with Gasteiger partial charge in [-0.1, -0.05) is 11.6 Å². The van der Waals surface area contributed by atoms with E-state index >= 15 is 0 Å². The summed E-state index contributed by atoms with van der Waals surface area (Å²) in [5.74, 6) is -1.16. The van der Waals surface area contributed by atoms with Crippen LogP contribution in [0.5, 0.6) is 0 Å². The normalized spacial score (nSPS) is 10.6. The Morgan fingerprint density at radius 3 is 2.79 bits per heavy atom. The zero-order valence-electron chi connectivity index (χ0n) is 6.88. The van der Waals surface area contributed by atoms with Gasteiger partial charge in [0.15, 0.2) is 0 Å². The van der Waals surface area contributed by atoms with Gasteiger partial charge < -0.3 is 5.11 Å². The minimum absolute atomic E-state index is 0.0445. The van der Waals surface area contributed by atoms with E-state index in [0.29, 0.717) is 0 Å². The van der Waals surface area contributed by atoms with E-state index in [4.69, 9.17) is 16.7 Å². The van der Waals surface area contributed by atoms with Crippen LogP contribution in [-0.4, -0.2) is 16.1 Å². The molecule has 0 unspecified atom stereocenters. The molecule has 0 saturated carbocycles. The zero-order valence-corrected chi connectivity index (χ0v) is 7.63. The third kappa shape index (κ3) is 2.38. The fourth-order valence-electron chi connectivity index (χ4n) is 0.939. The van der Waals surface area contributed by atoms with Gasteiger partial charge in [0.05, 0.1) is 17.1 Å². The molecule has 0 aromatic carbocycles. The lowest BCUT2D eigenvalue weighted by molar-refractivity contribution is -0.136. The summed E-state index contributed by atoms with van der Waals surface area (Å²) < 4.78 is 24.6. The molecule has 0 saturated heterocycles. The second kappa shape index (κ2) is 4.32. The highest BCUT2D eigenvalue weighted by atomic mass is 35.5. The molecule has 76 valence electrons. The molecule has 0 aliphatic heterocycles. The first-order chi connectivity index (χ1) is 6.52. The average Bonchev–Trinajstić information content (AvgIpc) is 2.07. The Morgan fingerprint density at radius 1 is 1.64 bits per heavy atom. The van der Waals surface area contributed by atoms with Gasteiger partial charge in [0.25, 0.3) is 6.43 Å². The number of hydrogen-bond acceptors (Lipinski definition) is 2. The van der Waals surface area contributed by atoms with Crippen LogP contribution in [-0.2, 0) is 11.2 Å². The van der Waals surface area contributed by atoms with E-state index in [1.165, 1.54) is 0 Å². The highest BCUT2D eigenvalue weighted by Crippen LogP contribution is 2.28. The molecular formula is C8H6ClF2NO2. The van der Waals surface area contributed by atoms with Gasteiger partial charge in [0, 0.05) is 11.8 Å². The molecule has 0 amide bonds. The first-order valence-corrected chi connectivity index (χ1v) is 4.03. The Hall–Kier alpha value is -1.23. The molecule has 1 N–H and O–H groups in total. The predicted octanol–water partition coefficient (Wildman–Crippen LogP) is 2.30. The van der Waals surface area contributed by atoms with Crippen molar-refractivity contribution in [2.45, 2.75) is 12.8 Å². The van der Waals surface area contributed by atoms with E-state index in [9.17, 15) is 13.6 Å². The number of carboxylic acid groups (broad SMARTS) is 1. The number of carbonyl (C=O) groups is 1. The van der Waals surface area contributed by atoms with Crippen LogP contribution in [0.3, 0.4) is 0 Å². The molecule has 1 rings (SSSR count). The Morgan fingerprint density at radius 2 is 2.29 bits per heavy atom. The summed E-state index contributed by atoms with van der Waals surface area (Å²) in [5, 5.41) is 8.16. The van der Waals surface area contributed by atoms with Crippen molar-refractivity contribution in [2.75, 3.05) is 0 Å². The summed E-state index contributed by atoms with van der Waals surface area (Å²) in [5.41, 5.74) is -0.435. The Balaban J connectivity index is 3.07. The van der Waals surface area contributed by atoms with Crippen molar-refractivity contribution in [2.24, 2.45) is 0 Å². The first kappa shape index (κ1) is 10.8. The smallest absolute Gasteiger partial charge is 0.309 e. The standard InChI is InChI=1S/C8H6ClF2NO2/c9-7-4(8(10)11)1-2-12-5(7)3-6(13)14/h1-2,8H,3H2,(H,13,14). The zero-order chi connectivity index (χ0) is 10.7. The Labute approximate surface area is 83.3 Å². The minimum atomic E-state index is -2.72. The molecule has 6 heteroatoms. The number of aromatic nitrogens is 1. The van der Waals surface area contributed by atoms with Crippen molar-refractivity contribution >= 4 is 17.6 Å². The molecule has 0 fully saturated rings. The van der Waals surface area contributed by atoms with Crippen LogP contribution in [0.1, 0.15) is 17.7 Å². The van der Waals surface area contributed by atoms with Crippen molar-refractivity contribution < 1.29 is 18.7 Å². The van der Waals surface area contributed by atoms with Gasteiger partial charge >= 0.3 is 5.97 Å². The summed E-state index contributed by atoms with van der Waals surface area (Å²) in [6.45, 7) is 0. The van der Waals surface area contributed by atoms with Crippen LogP contribution >= 0.6 is 11.6 Å². The molecule has 0 radical (unpaired) electrons. The maximum atomic E-state index is 12.3. The van der Waals surface area contributed by atoms with E-state index in [1.807, 2.05) is 0 Å². The van der Waals surface area contributed by atoms with Crippen LogP contribution in [0, 0.1) is 0 Å². The summed E-state index contributed by atoms with van der Waals surface area (Å²) in [4.78, 5) is 13.9. The minimum Gasteiger partial charge on any atom is -0.481 e. The second-order valence-corrected chi connectivity index (χ2v) is 2.91. The molecule has 3 nitrogen and oxygen atoms in total. The quantitative estimate of drug-likeness (QED) is 0.852. The maximum absolute atomic E-state index is 12.3. The van der Waals surface area contributed by atoms with Crippen molar-refractivity contribution in [1.82, 2.24) is 4.98 Å². The molecule has 0 atom stereocenters. The van der Waals surface area contributed by atoms with Gasteiger partial charge in [-0.2, -0.15) is 0 Å². The van der Waals surface area contributed by atoms with Crippen molar-refractivity contribution in [3.63, 3.8) is 0 Å². The predicted molar refractivity (Wildman–Crippen MR) is 45.5 cm³/mol. The van der Waals surface area contributed by atoms with Crippen LogP contribution in [0.15, 0.2) is 12.3 Å². The monoisotopic (exact) mass is 221 g/mol. The Kier molecular flexibility index (Phi) is 3.35. The molecule has 1 aromatic heterocycles. The third-order valence-electron chi connectivity index (χ3n) is 1.55. The van der Waals surface area contributed by atoms with E-state index in [0.717, 1.165) is 12.3 Å². The van der Waals surface area contributed by atoms with Gasteiger partial charge in [0.1, 0.15) is 0 Å². The largest absolute Gasteiger partial charge is 0.481 e. The topological polar surface area (TPSA) is 50.2 Å². The van der Waals surface area contributed by atoms with Gasteiger partial charge in [-0.05, 0) is 6.07 Å². The van der Waals surface area contributed by atoms with E-state index < -0.39 is 24.4 Å². The number of nitrogens with zero attached hydrogens (tertiary/aromatic N) is 1. The highest BCUT2D eigenvalue weighted by molar-refractivity contribution is 6.32. The molecular weight excluding hydrogens is 216 g/mol. The van der Waals surface area contributed by atoms with Gasteiger partial charge in [0.2, 0.25) is 0 Å². The molecule has 0 spiro atoms. The van der Waals surface area contributed by atoms with Crippen molar-refractivity contribution in [3.05, 3.63) is 28.5 Å². The van der Waals surface area contributed by atoms with Gasteiger partial charge in [-0.3, -0.25) is 9.78 Å². The summed E-state index contributed by atoms with van der Waals surface area (Å²) in [6.07, 6.45) is -2.07. The van der Waals surface area contributed by atoms with Crippen LogP contribution < -0.4 is 0 Å². The lowest BCUT2D eigenvalue weighted by Crippen LogP contribution is -2.04. The second-order valence-electron chi connectivity index (χ2n) is 2.53. The number of alkyl halides is 2. The third-order valence-corrected chi connectivity index (χ3v) is 1.98. The molecule has 0 aliphatic carbocycles. The molecule has 1 aromatic rings. The number of aliphatic carboxylic acids is 1. The molecule has 1 heterocycles. The van der Waals surface area contributed by atoms with Crippen LogP contribution in [0.2, 0.25) is 5.02 Å². The van der Waals surface area contributed by atoms with Crippen molar-refractivity contribution in [3.8, 4) is 0 Å². The maximum Gasteiger partial charge on any atom is 0.309 e. The van der Waals surface area contributed by atoms with E-state index in [1.54, 1.807) is 0 Å². The molecule has 14 heavy (non-hydrogen) atoms. The lowest BCUT2D eigenvalue weighted by Gasteiger charge is -2.05. The van der Waals surface area contributed by atoms with Gasteiger partial charge in [-0.25, -0.2) is 8.78 Å². The lowest BCUT2D eigenvalue weighted by atomic mass is 10.2. The van der Waals surface area contributed by atoms with E-state index in [-0.39, 0.29) is 10.7 Å². The number of hydrogen-bond donors (Lipinski definition) is 1. The summed E-state index contributed by atoms with van der Waals surface area (Å²) in [6, 6.07) is 1.07. The fourth-order valence-corrected chi connectivity index (χ4v) is 1.20. The molecule has 0 aliphatic rings. The van der Waals surface area contributed by atoms with Gasteiger partial charge in [-0.15, -0.1) is 0 Å². The number of rotatable bonds is 3. The van der Waals surface area contributed by atoms with Crippen LogP contribution in [0.4, 0.5) is 8.78 Å². The Bertz CT molecular complexity index is 357. The summed E-state index contributed by atoms with van der Waals surface area (Å²) >= 11 is 5.54. The number of pyridine rings is 1. The summed E-state index contributed by atoms with van der Waals surface area (Å²) in [7, 11) is 0. The number of halogens is 3.